The van der Waals surface area contributed by atoms with Gasteiger partial charge >= 0.3 is 5.97 Å². The van der Waals surface area contributed by atoms with Crippen molar-refractivity contribution < 1.29 is 14.3 Å². The summed E-state index contributed by atoms with van der Waals surface area (Å²) in [5.74, 6) is -0.630. The second-order valence-corrected chi connectivity index (χ2v) is 7.30. The van der Waals surface area contributed by atoms with Crippen LogP contribution < -0.4 is 5.32 Å². The second kappa shape index (κ2) is 10.5. The Labute approximate surface area is 161 Å². The lowest BCUT2D eigenvalue weighted by Crippen LogP contribution is -2.36. The first-order chi connectivity index (χ1) is 13.0. The summed E-state index contributed by atoms with van der Waals surface area (Å²) >= 11 is 0. The lowest BCUT2D eigenvalue weighted by atomic mass is 9.91. The van der Waals surface area contributed by atoms with Gasteiger partial charge in [-0.15, -0.1) is 0 Å². The number of amides is 1. The number of hydrogen-bond donors (Lipinski definition) is 1. The van der Waals surface area contributed by atoms with Gasteiger partial charge in [0.25, 0.3) is 5.91 Å². The fourth-order valence-electron chi connectivity index (χ4n) is 2.95. The van der Waals surface area contributed by atoms with Crippen LogP contribution in [-0.2, 0) is 14.3 Å². The van der Waals surface area contributed by atoms with Crippen molar-refractivity contribution in [3.63, 3.8) is 0 Å². The van der Waals surface area contributed by atoms with E-state index in [1.54, 1.807) is 0 Å². The maximum atomic E-state index is 12.7. The molecule has 0 aliphatic heterocycles. The van der Waals surface area contributed by atoms with E-state index in [9.17, 15) is 9.59 Å². The van der Waals surface area contributed by atoms with Crippen LogP contribution in [0.15, 0.2) is 60.7 Å². The fourth-order valence-corrected chi connectivity index (χ4v) is 2.95. The van der Waals surface area contributed by atoms with Crippen LogP contribution in [0.5, 0.6) is 0 Å². The Morgan fingerprint density at radius 3 is 1.85 bits per heavy atom. The highest BCUT2D eigenvalue weighted by atomic mass is 16.5. The molecule has 1 amide bonds. The van der Waals surface area contributed by atoms with Gasteiger partial charge in [0.2, 0.25) is 0 Å². The van der Waals surface area contributed by atoms with Gasteiger partial charge in [-0.3, -0.25) is 9.59 Å². The standard InChI is InChI=1S/C23H29NO3/c1-17(2)14-15-18(3)24-21(25)16-27-23(26)22(19-10-6-4-7-11-19)20-12-8-5-9-13-20/h4-13,17-18,22H,14-16H2,1-3H3,(H,24,25)/t18-/m1/s1. The predicted molar refractivity (Wildman–Crippen MR) is 107 cm³/mol. The monoisotopic (exact) mass is 367 g/mol. The van der Waals surface area contributed by atoms with Crippen molar-refractivity contribution in [3.8, 4) is 0 Å². The van der Waals surface area contributed by atoms with Crippen molar-refractivity contribution in [3.05, 3.63) is 71.8 Å². The average molecular weight is 367 g/mol. The summed E-state index contributed by atoms with van der Waals surface area (Å²) in [5.41, 5.74) is 1.69. The quantitative estimate of drug-likeness (QED) is 0.672. The Hall–Kier alpha value is -2.62. The lowest BCUT2D eigenvalue weighted by Gasteiger charge is -2.18. The minimum atomic E-state index is -0.543. The van der Waals surface area contributed by atoms with E-state index < -0.39 is 11.9 Å². The van der Waals surface area contributed by atoms with Crippen LogP contribution in [-0.4, -0.2) is 24.5 Å². The highest BCUT2D eigenvalue weighted by Gasteiger charge is 2.25. The van der Waals surface area contributed by atoms with Crippen molar-refractivity contribution in [1.29, 1.82) is 0 Å². The lowest BCUT2D eigenvalue weighted by molar-refractivity contribution is -0.149. The summed E-state index contributed by atoms with van der Waals surface area (Å²) in [4.78, 5) is 24.9. The number of ether oxygens (including phenoxy) is 1. The van der Waals surface area contributed by atoms with E-state index in [0.29, 0.717) is 5.92 Å². The zero-order valence-corrected chi connectivity index (χ0v) is 16.4. The van der Waals surface area contributed by atoms with Crippen molar-refractivity contribution in [1.82, 2.24) is 5.32 Å². The van der Waals surface area contributed by atoms with Gasteiger partial charge in [0.15, 0.2) is 6.61 Å². The van der Waals surface area contributed by atoms with Gasteiger partial charge in [0, 0.05) is 6.04 Å². The second-order valence-electron chi connectivity index (χ2n) is 7.30. The zero-order valence-electron chi connectivity index (χ0n) is 16.4. The van der Waals surface area contributed by atoms with Crippen molar-refractivity contribution >= 4 is 11.9 Å². The van der Waals surface area contributed by atoms with Crippen LogP contribution in [0.3, 0.4) is 0 Å². The first-order valence-electron chi connectivity index (χ1n) is 9.53. The average Bonchev–Trinajstić information content (AvgIpc) is 2.67. The SMILES string of the molecule is CC(C)CC[C@@H](C)NC(=O)COC(=O)C(c1ccccc1)c1ccccc1. The van der Waals surface area contributed by atoms with E-state index >= 15 is 0 Å². The maximum Gasteiger partial charge on any atom is 0.318 e. The van der Waals surface area contributed by atoms with E-state index in [1.165, 1.54) is 0 Å². The number of nitrogens with one attached hydrogen (secondary N) is 1. The smallest absolute Gasteiger partial charge is 0.318 e. The largest absolute Gasteiger partial charge is 0.455 e. The highest BCUT2D eigenvalue weighted by Crippen LogP contribution is 2.25. The number of benzene rings is 2. The minimum absolute atomic E-state index is 0.0673. The van der Waals surface area contributed by atoms with Gasteiger partial charge in [-0.2, -0.15) is 0 Å². The van der Waals surface area contributed by atoms with E-state index in [0.717, 1.165) is 24.0 Å². The summed E-state index contributed by atoms with van der Waals surface area (Å²) in [6.07, 6.45) is 1.96. The molecular formula is C23H29NO3. The fraction of sp³-hybridized carbons (Fsp3) is 0.391. The topological polar surface area (TPSA) is 55.4 Å². The number of esters is 1. The molecule has 27 heavy (non-hydrogen) atoms. The molecule has 0 saturated carbocycles. The molecule has 0 aliphatic carbocycles. The third-order valence-corrected chi connectivity index (χ3v) is 4.43. The molecule has 0 unspecified atom stereocenters. The molecule has 0 spiro atoms. The molecular weight excluding hydrogens is 338 g/mol. The Kier molecular flexibility index (Phi) is 8.05. The first kappa shape index (κ1) is 20.7. The maximum absolute atomic E-state index is 12.7. The van der Waals surface area contributed by atoms with Crippen LogP contribution in [0.4, 0.5) is 0 Å². The summed E-state index contributed by atoms with van der Waals surface area (Å²) < 4.78 is 5.35. The van der Waals surface area contributed by atoms with E-state index in [4.69, 9.17) is 4.74 Å². The molecule has 0 aromatic heterocycles. The van der Waals surface area contributed by atoms with Crippen LogP contribution in [0.2, 0.25) is 0 Å². The van der Waals surface area contributed by atoms with Gasteiger partial charge in [-0.1, -0.05) is 74.5 Å². The summed E-state index contributed by atoms with van der Waals surface area (Å²) in [6, 6.07) is 19.0. The molecule has 4 nitrogen and oxygen atoms in total. The number of hydrogen-bond acceptors (Lipinski definition) is 3. The molecule has 1 atom stereocenters. The normalized spacial score (nSPS) is 12.0. The number of carbonyl (C=O) groups is 2. The van der Waals surface area contributed by atoms with E-state index in [-0.39, 0.29) is 18.6 Å². The van der Waals surface area contributed by atoms with Gasteiger partial charge in [0.05, 0.1) is 0 Å². The molecule has 0 heterocycles. The van der Waals surface area contributed by atoms with Gasteiger partial charge in [-0.25, -0.2) is 0 Å². The molecule has 0 aliphatic rings. The Morgan fingerprint density at radius 1 is 0.852 bits per heavy atom. The van der Waals surface area contributed by atoms with Crippen molar-refractivity contribution in [2.45, 2.75) is 45.6 Å². The van der Waals surface area contributed by atoms with Crippen molar-refractivity contribution in [2.75, 3.05) is 6.61 Å². The molecule has 144 valence electrons. The first-order valence-corrected chi connectivity index (χ1v) is 9.53. The molecule has 0 radical (unpaired) electrons. The van der Waals surface area contributed by atoms with Crippen LogP contribution >= 0.6 is 0 Å². The third kappa shape index (κ3) is 6.89. The summed E-state index contributed by atoms with van der Waals surface area (Å²) in [6.45, 7) is 6.02. The molecule has 0 saturated heterocycles. The molecule has 4 heteroatoms. The van der Waals surface area contributed by atoms with Gasteiger partial charge < -0.3 is 10.1 Å². The van der Waals surface area contributed by atoms with Crippen LogP contribution in [0.25, 0.3) is 0 Å². The van der Waals surface area contributed by atoms with Crippen LogP contribution in [0.1, 0.15) is 50.7 Å². The molecule has 0 fully saturated rings. The predicted octanol–water partition coefficient (Wildman–Crippen LogP) is 4.30. The summed E-state index contributed by atoms with van der Waals surface area (Å²) in [5, 5.41) is 2.89. The Bertz CT molecular complexity index is 673. The third-order valence-electron chi connectivity index (χ3n) is 4.43. The Morgan fingerprint density at radius 2 is 1.37 bits per heavy atom. The molecule has 0 bridgehead atoms. The molecule has 2 rings (SSSR count). The number of carbonyl (C=O) groups excluding carboxylic acids is 2. The number of rotatable bonds is 9. The minimum Gasteiger partial charge on any atom is -0.455 e. The zero-order chi connectivity index (χ0) is 19.6. The van der Waals surface area contributed by atoms with Gasteiger partial charge in [-0.05, 0) is 36.8 Å². The van der Waals surface area contributed by atoms with Crippen molar-refractivity contribution in [2.24, 2.45) is 5.92 Å². The van der Waals surface area contributed by atoms with E-state index in [2.05, 4.69) is 19.2 Å². The van der Waals surface area contributed by atoms with E-state index in [1.807, 2.05) is 67.6 Å². The Balaban J connectivity index is 1.97. The highest BCUT2D eigenvalue weighted by molar-refractivity contribution is 5.85. The van der Waals surface area contributed by atoms with Crippen LogP contribution in [0, 0.1) is 5.92 Å². The molecule has 2 aromatic carbocycles. The molecule has 2 aromatic rings. The summed E-state index contributed by atoms with van der Waals surface area (Å²) in [7, 11) is 0. The molecule has 1 N–H and O–H groups in total. The van der Waals surface area contributed by atoms with Gasteiger partial charge in [0.1, 0.15) is 5.92 Å².